The molecule has 2 N–H and O–H groups in total. The molecule has 0 aliphatic heterocycles. The molecule has 5 nitrogen and oxygen atoms in total. The molecule has 0 saturated heterocycles. The second-order valence-corrected chi connectivity index (χ2v) is 7.10. The van der Waals surface area contributed by atoms with E-state index in [-0.39, 0.29) is 10.7 Å². The van der Waals surface area contributed by atoms with E-state index >= 15 is 0 Å². The summed E-state index contributed by atoms with van der Waals surface area (Å²) in [4.78, 5) is 11.7. The molecule has 1 aromatic rings. The lowest BCUT2D eigenvalue weighted by molar-refractivity contribution is 0.0987. The maximum absolute atomic E-state index is 12.4. The van der Waals surface area contributed by atoms with Crippen LogP contribution in [0.3, 0.4) is 0 Å². The maximum atomic E-state index is 12.4. The minimum absolute atomic E-state index is 0.0690. The minimum atomic E-state index is -3.72. The van der Waals surface area contributed by atoms with Gasteiger partial charge in [0.1, 0.15) is 0 Å². The summed E-state index contributed by atoms with van der Waals surface area (Å²) in [5.41, 5.74) is 0.393. The maximum Gasteiger partial charge on any atom is 0.240 e. The minimum Gasteiger partial charge on any atom is -0.391 e. The topological polar surface area (TPSA) is 83.5 Å². The molecule has 6 heteroatoms. The number of Topliss-reactive ketones (excluding diaryl/α,β-unsaturated/α-hetero) is 1. The Morgan fingerprint density at radius 3 is 2.71 bits per heavy atom. The van der Waals surface area contributed by atoms with E-state index in [1.807, 2.05) is 0 Å². The van der Waals surface area contributed by atoms with Crippen LogP contribution >= 0.6 is 0 Å². The summed E-state index contributed by atoms with van der Waals surface area (Å²) in [7, 11) is -3.72. The molecule has 1 fully saturated rings. The highest BCUT2D eigenvalue weighted by Crippen LogP contribution is 2.21. The molecule has 0 aromatic heterocycles. The average Bonchev–Trinajstić information content (AvgIpc) is 2.49. The van der Waals surface area contributed by atoms with Gasteiger partial charge in [-0.1, -0.05) is 31.9 Å². The van der Waals surface area contributed by atoms with E-state index in [0.29, 0.717) is 24.8 Å². The quantitative estimate of drug-likeness (QED) is 0.813. The lowest BCUT2D eigenvalue weighted by Crippen LogP contribution is -2.44. The first-order valence-electron chi connectivity index (χ1n) is 7.27. The molecule has 1 aromatic carbocycles. The first-order chi connectivity index (χ1) is 9.94. The van der Waals surface area contributed by atoms with Crippen molar-refractivity contribution in [2.24, 2.45) is 0 Å². The average molecular weight is 311 g/mol. The molecule has 2 atom stereocenters. The summed E-state index contributed by atoms with van der Waals surface area (Å²) >= 11 is 0. The van der Waals surface area contributed by atoms with Crippen LogP contribution in [0.2, 0.25) is 0 Å². The third-order valence-electron chi connectivity index (χ3n) is 3.82. The van der Waals surface area contributed by atoms with E-state index in [1.165, 1.54) is 12.1 Å². The molecular weight excluding hydrogens is 290 g/mol. The van der Waals surface area contributed by atoms with Gasteiger partial charge >= 0.3 is 0 Å². The molecular formula is C15H21NO4S. The van der Waals surface area contributed by atoms with E-state index < -0.39 is 22.2 Å². The van der Waals surface area contributed by atoms with E-state index in [2.05, 4.69) is 4.72 Å². The van der Waals surface area contributed by atoms with Gasteiger partial charge in [-0.05, 0) is 25.0 Å². The number of nitrogens with one attached hydrogen (secondary N) is 1. The zero-order valence-electron chi connectivity index (χ0n) is 12.1. The van der Waals surface area contributed by atoms with Gasteiger partial charge in [-0.3, -0.25) is 4.79 Å². The van der Waals surface area contributed by atoms with Gasteiger partial charge in [-0.25, -0.2) is 13.1 Å². The Morgan fingerprint density at radius 2 is 2.05 bits per heavy atom. The zero-order valence-corrected chi connectivity index (χ0v) is 12.9. The van der Waals surface area contributed by atoms with Crippen LogP contribution in [0.25, 0.3) is 0 Å². The van der Waals surface area contributed by atoms with Gasteiger partial charge in [0.2, 0.25) is 10.0 Å². The first-order valence-corrected chi connectivity index (χ1v) is 8.76. The molecule has 21 heavy (non-hydrogen) atoms. The predicted octanol–water partition coefficient (Wildman–Crippen LogP) is 1.86. The molecule has 1 aliphatic carbocycles. The van der Waals surface area contributed by atoms with Gasteiger partial charge in [0.15, 0.2) is 5.78 Å². The van der Waals surface area contributed by atoms with E-state index in [9.17, 15) is 18.3 Å². The third-order valence-corrected chi connectivity index (χ3v) is 5.31. The SMILES string of the molecule is CCC(=O)c1cccc(S(=O)(=O)NC2CCCCC2O)c1. The lowest BCUT2D eigenvalue weighted by atomic mass is 9.93. The molecule has 0 amide bonds. The van der Waals surface area contributed by atoms with Crippen molar-refractivity contribution in [3.8, 4) is 0 Å². The fraction of sp³-hybridized carbons (Fsp3) is 0.533. The van der Waals surface area contributed by atoms with Crippen molar-refractivity contribution >= 4 is 15.8 Å². The standard InChI is InChI=1S/C15H21NO4S/c1-2-14(17)11-6-5-7-12(10-11)21(19,20)16-13-8-3-4-9-15(13)18/h5-7,10,13,15-16,18H,2-4,8-9H2,1H3. The van der Waals surface area contributed by atoms with Crippen molar-refractivity contribution in [2.45, 2.75) is 56.1 Å². The van der Waals surface area contributed by atoms with Gasteiger partial charge < -0.3 is 5.11 Å². The number of sulfonamides is 1. The van der Waals surface area contributed by atoms with Crippen molar-refractivity contribution in [3.05, 3.63) is 29.8 Å². The molecule has 116 valence electrons. The fourth-order valence-corrected chi connectivity index (χ4v) is 3.91. The van der Waals surface area contributed by atoms with Crippen LogP contribution in [0, 0.1) is 0 Å². The molecule has 1 aliphatic rings. The fourth-order valence-electron chi connectivity index (χ4n) is 2.56. The second-order valence-electron chi connectivity index (χ2n) is 5.38. The highest BCUT2D eigenvalue weighted by atomic mass is 32.2. The Balaban J connectivity index is 2.21. The number of hydrogen-bond donors (Lipinski definition) is 2. The number of ketones is 1. The van der Waals surface area contributed by atoms with Crippen molar-refractivity contribution in [3.63, 3.8) is 0 Å². The van der Waals surface area contributed by atoms with Crippen molar-refractivity contribution in [1.82, 2.24) is 4.72 Å². The Bertz CT molecular complexity index is 612. The van der Waals surface area contributed by atoms with Crippen LogP contribution in [0.15, 0.2) is 29.2 Å². The van der Waals surface area contributed by atoms with E-state index in [0.717, 1.165) is 12.8 Å². The number of aliphatic hydroxyl groups excluding tert-OH is 1. The van der Waals surface area contributed by atoms with Crippen molar-refractivity contribution in [2.75, 3.05) is 0 Å². The van der Waals surface area contributed by atoms with Gasteiger partial charge in [0.05, 0.1) is 11.0 Å². The number of aliphatic hydroxyl groups is 1. The summed E-state index contributed by atoms with van der Waals surface area (Å²) in [6.45, 7) is 1.74. The van der Waals surface area contributed by atoms with Crippen LogP contribution in [0.1, 0.15) is 49.4 Å². The van der Waals surface area contributed by atoms with Crippen molar-refractivity contribution in [1.29, 1.82) is 0 Å². The van der Waals surface area contributed by atoms with E-state index in [4.69, 9.17) is 0 Å². The highest BCUT2D eigenvalue weighted by molar-refractivity contribution is 7.89. The number of carbonyl (C=O) groups is 1. The number of hydrogen-bond acceptors (Lipinski definition) is 4. The third kappa shape index (κ3) is 3.90. The van der Waals surface area contributed by atoms with Gasteiger partial charge in [-0.15, -0.1) is 0 Å². The molecule has 0 heterocycles. The summed E-state index contributed by atoms with van der Waals surface area (Å²) in [5.74, 6) is -0.0928. The Morgan fingerprint density at radius 1 is 1.33 bits per heavy atom. The molecule has 0 spiro atoms. The molecule has 2 unspecified atom stereocenters. The molecule has 1 saturated carbocycles. The summed E-state index contributed by atoms with van der Waals surface area (Å²) in [6, 6.07) is 5.58. The number of benzene rings is 1. The van der Waals surface area contributed by atoms with Gasteiger partial charge in [-0.2, -0.15) is 0 Å². The molecule has 0 bridgehead atoms. The first kappa shape index (κ1) is 16.1. The summed E-state index contributed by atoms with van der Waals surface area (Å²) in [5, 5.41) is 9.88. The summed E-state index contributed by atoms with van der Waals surface area (Å²) < 4.78 is 27.3. The molecule has 0 radical (unpaired) electrons. The number of rotatable bonds is 5. The predicted molar refractivity (Wildman–Crippen MR) is 79.6 cm³/mol. The summed E-state index contributed by atoms with van der Waals surface area (Å²) in [6.07, 6.45) is 2.75. The lowest BCUT2D eigenvalue weighted by Gasteiger charge is -2.28. The Kier molecular flexibility index (Phi) is 5.13. The molecule has 2 rings (SSSR count). The Hall–Kier alpha value is -1.24. The van der Waals surface area contributed by atoms with Gasteiger partial charge in [0, 0.05) is 18.0 Å². The van der Waals surface area contributed by atoms with Crippen molar-refractivity contribution < 1.29 is 18.3 Å². The largest absolute Gasteiger partial charge is 0.391 e. The van der Waals surface area contributed by atoms with Crippen LogP contribution in [-0.4, -0.2) is 31.5 Å². The van der Waals surface area contributed by atoms with Crippen LogP contribution in [0.5, 0.6) is 0 Å². The highest BCUT2D eigenvalue weighted by Gasteiger charge is 2.28. The van der Waals surface area contributed by atoms with E-state index in [1.54, 1.807) is 19.1 Å². The van der Waals surface area contributed by atoms with Gasteiger partial charge in [0.25, 0.3) is 0 Å². The van der Waals surface area contributed by atoms with Crippen LogP contribution in [-0.2, 0) is 10.0 Å². The van der Waals surface area contributed by atoms with Crippen LogP contribution < -0.4 is 4.72 Å². The zero-order chi connectivity index (χ0) is 15.5. The number of carbonyl (C=O) groups excluding carboxylic acids is 1. The Labute approximate surface area is 125 Å². The smallest absolute Gasteiger partial charge is 0.240 e. The second kappa shape index (κ2) is 6.68. The monoisotopic (exact) mass is 311 g/mol. The van der Waals surface area contributed by atoms with Crippen LogP contribution in [0.4, 0.5) is 0 Å². The normalized spacial score (nSPS) is 23.0.